The van der Waals surface area contributed by atoms with Crippen molar-refractivity contribution in [3.63, 3.8) is 0 Å². The first-order valence-electron chi connectivity index (χ1n) is 4.98. The maximum absolute atomic E-state index is 5.48. The third kappa shape index (κ3) is 3.28. The topological polar surface area (TPSA) is 83.2 Å². The highest BCUT2D eigenvalue weighted by Crippen LogP contribution is 2.12. The predicted octanol–water partition coefficient (Wildman–Crippen LogP) is 1.15. The SMILES string of the molecule is COc1nc(N)nc(OCCc2cccs2)n1. The van der Waals surface area contributed by atoms with E-state index in [0.717, 1.165) is 6.42 Å². The molecule has 0 saturated carbocycles. The Hall–Kier alpha value is -1.89. The molecule has 2 rings (SSSR count). The fraction of sp³-hybridized carbons (Fsp3) is 0.300. The van der Waals surface area contributed by atoms with E-state index in [-0.39, 0.29) is 18.0 Å². The van der Waals surface area contributed by atoms with Crippen LogP contribution in [0, 0.1) is 0 Å². The van der Waals surface area contributed by atoms with Gasteiger partial charge < -0.3 is 15.2 Å². The van der Waals surface area contributed by atoms with Crippen molar-refractivity contribution in [1.82, 2.24) is 15.0 Å². The van der Waals surface area contributed by atoms with Crippen LogP contribution in [0.1, 0.15) is 4.88 Å². The van der Waals surface area contributed by atoms with Gasteiger partial charge in [0.1, 0.15) is 0 Å². The van der Waals surface area contributed by atoms with Crippen LogP contribution in [0.25, 0.3) is 0 Å². The molecule has 0 unspecified atom stereocenters. The molecule has 0 spiro atoms. The van der Waals surface area contributed by atoms with Gasteiger partial charge in [0.15, 0.2) is 0 Å². The van der Waals surface area contributed by atoms with Crippen LogP contribution in [-0.2, 0) is 6.42 Å². The van der Waals surface area contributed by atoms with E-state index in [4.69, 9.17) is 15.2 Å². The van der Waals surface area contributed by atoms with Crippen LogP contribution in [0.5, 0.6) is 12.0 Å². The van der Waals surface area contributed by atoms with Crippen molar-refractivity contribution < 1.29 is 9.47 Å². The molecule has 0 aliphatic carbocycles. The number of rotatable bonds is 5. The van der Waals surface area contributed by atoms with Gasteiger partial charge in [-0.05, 0) is 11.4 Å². The van der Waals surface area contributed by atoms with E-state index in [2.05, 4.69) is 21.0 Å². The molecule has 2 N–H and O–H groups in total. The third-order valence-corrected chi connectivity index (χ3v) is 2.89. The first-order valence-corrected chi connectivity index (χ1v) is 5.86. The molecule has 2 aromatic heterocycles. The van der Waals surface area contributed by atoms with E-state index in [0.29, 0.717) is 6.61 Å². The van der Waals surface area contributed by atoms with E-state index in [1.165, 1.54) is 12.0 Å². The Morgan fingerprint density at radius 1 is 1.29 bits per heavy atom. The Labute approximate surface area is 102 Å². The molecule has 6 nitrogen and oxygen atoms in total. The molecule has 17 heavy (non-hydrogen) atoms. The number of ether oxygens (including phenoxy) is 2. The Morgan fingerprint density at radius 2 is 2.12 bits per heavy atom. The van der Waals surface area contributed by atoms with E-state index in [1.54, 1.807) is 11.3 Å². The van der Waals surface area contributed by atoms with Crippen molar-refractivity contribution in [3.05, 3.63) is 22.4 Å². The Morgan fingerprint density at radius 3 is 2.82 bits per heavy atom. The van der Waals surface area contributed by atoms with Crippen molar-refractivity contribution >= 4 is 17.3 Å². The third-order valence-electron chi connectivity index (χ3n) is 1.95. The summed E-state index contributed by atoms with van der Waals surface area (Å²) in [5, 5.41) is 2.03. The molecular weight excluding hydrogens is 240 g/mol. The highest BCUT2D eigenvalue weighted by atomic mass is 32.1. The average Bonchev–Trinajstić information content (AvgIpc) is 2.81. The number of hydrogen-bond acceptors (Lipinski definition) is 7. The summed E-state index contributed by atoms with van der Waals surface area (Å²) in [5.41, 5.74) is 5.48. The number of nitrogen functional groups attached to an aromatic ring is 1. The second kappa shape index (κ2) is 5.44. The molecule has 0 saturated heterocycles. The summed E-state index contributed by atoms with van der Waals surface area (Å²) in [6.07, 6.45) is 0.811. The monoisotopic (exact) mass is 252 g/mol. The number of anilines is 1. The molecule has 0 atom stereocenters. The van der Waals surface area contributed by atoms with Crippen molar-refractivity contribution in [1.29, 1.82) is 0 Å². The second-order valence-electron chi connectivity index (χ2n) is 3.14. The highest BCUT2D eigenvalue weighted by Gasteiger charge is 2.05. The number of aromatic nitrogens is 3. The fourth-order valence-corrected chi connectivity index (χ4v) is 1.90. The number of methoxy groups -OCH3 is 1. The number of nitrogens with two attached hydrogens (primary N) is 1. The van der Waals surface area contributed by atoms with Crippen LogP contribution in [0.2, 0.25) is 0 Å². The van der Waals surface area contributed by atoms with Crippen LogP contribution >= 0.6 is 11.3 Å². The summed E-state index contributed by atoms with van der Waals surface area (Å²) in [6, 6.07) is 4.40. The summed E-state index contributed by atoms with van der Waals surface area (Å²) in [7, 11) is 1.46. The zero-order valence-electron chi connectivity index (χ0n) is 9.29. The molecule has 0 radical (unpaired) electrons. The Balaban J connectivity index is 1.92. The summed E-state index contributed by atoms with van der Waals surface area (Å²) in [4.78, 5) is 12.8. The lowest BCUT2D eigenvalue weighted by atomic mass is 10.4. The maximum Gasteiger partial charge on any atom is 0.324 e. The molecule has 90 valence electrons. The van der Waals surface area contributed by atoms with Gasteiger partial charge in [-0.3, -0.25) is 0 Å². The van der Waals surface area contributed by atoms with Crippen LogP contribution < -0.4 is 15.2 Å². The molecule has 0 fully saturated rings. The molecule has 0 aliphatic heterocycles. The first-order chi connectivity index (χ1) is 8.28. The van der Waals surface area contributed by atoms with Crippen LogP contribution in [0.3, 0.4) is 0 Å². The van der Waals surface area contributed by atoms with Crippen molar-refractivity contribution in [2.24, 2.45) is 0 Å². The standard InChI is InChI=1S/C10H12N4O2S/c1-15-9-12-8(11)13-10(14-9)16-5-4-7-3-2-6-17-7/h2-3,6H,4-5H2,1H3,(H2,11,12,13,14). The van der Waals surface area contributed by atoms with Crippen molar-refractivity contribution in [2.45, 2.75) is 6.42 Å². The molecular formula is C10H12N4O2S. The average molecular weight is 252 g/mol. The Kier molecular flexibility index (Phi) is 3.71. The van der Waals surface area contributed by atoms with Crippen LogP contribution in [0.4, 0.5) is 5.95 Å². The number of nitrogens with zero attached hydrogens (tertiary/aromatic N) is 3. The van der Waals surface area contributed by atoms with Gasteiger partial charge in [0, 0.05) is 11.3 Å². The van der Waals surface area contributed by atoms with Crippen LogP contribution in [0.15, 0.2) is 17.5 Å². The first kappa shape index (κ1) is 11.6. The maximum atomic E-state index is 5.48. The smallest absolute Gasteiger partial charge is 0.324 e. The van der Waals surface area contributed by atoms with Crippen LogP contribution in [-0.4, -0.2) is 28.7 Å². The van der Waals surface area contributed by atoms with E-state index >= 15 is 0 Å². The Bertz CT molecular complexity index is 475. The quantitative estimate of drug-likeness (QED) is 0.859. The lowest BCUT2D eigenvalue weighted by Crippen LogP contribution is -2.07. The summed E-state index contributed by atoms with van der Waals surface area (Å²) < 4.78 is 10.3. The molecule has 2 aromatic rings. The van der Waals surface area contributed by atoms with Gasteiger partial charge in [-0.15, -0.1) is 16.3 Å². The van der Waals surface area contributed by atoms with Gasteiger partial charge >= 0.3 is 12.0 Å². The zero-order valence-corrected chi connectivity index (χ0v) is 10.1. The van der Waals surface area contributed by atoms with Gasteiger partial charge in [0.05, 0.1) is 13.7 Å². The minimum Gasteiger partial charge on any atom is -0.467 e. The van der Waals surface area contributed by atoms with Gasteiger partial charge in [0.2, 0.25) is 5.95 Å². The molecule has 0 amide bonds. The molecule has 2 heterocycles. The summed E-state index contributed by atoms with van der Waals surface area (Å²) in [5.74, 6) is 0.0861. The summed E-state index contributed by atoms with van der Waals surface area (Å²) >= 11 is 1.69. The zero-order chi connectivity index (χ0) is 12.1. The lowest BCUT2D eigenvalue weighted by Gasteiger charge is -2.04. The molecule has 0 aliphatic rings. The normalized spacial score (nSPS) is 10.2. The molecule has 7 heteroatoms. The minimum atomic E-state index is 0.0861. The molecule has 0 bridgehead atoms. The fourth-order valence-electron chi connectivity index (χ4n) is 1.21. The van der Waals surface area contributed by atoms with Crippen molar-refractivity contribution in [3.8, 4) is 12.0 Å². The van der Waals surface area contributed by atoms with E-state index in [1.807, 2.05) is 11.4 Å². The van der Waals surface area contributed by atoms with Gasteiger partial charge in [-0.2, -0.15) is 9.97 Å². The lowest BCUT2D eigenvalue weighted by molar-refractivity contribution is 0.285. The summed E-state index contributed by atoms with van der Waals surface area (Å²) in [6.45, 7) is 0.493. The van der Waals surface area contributed by atoms with E-state index < -0.39 is 0 Å². The van der Waals surface area contributed by atoms with Crippen molar-refractivity contribution in [2.75, 3.05) is 19.5 Å². The van der Waals surface area contributed by atoms with E-state index in [9.17, 15) is 0 Å². The predicted molar refractivity (Wildman–Crippen MR) is 64.3 cm³/mol. The number of hydrogen-bond donors (Lipinski definition) is 1. The minimum absolute atomic E-state index is 0.0861. The largest absolute Gasteiger partial charge is 0.467 e. The molecule has 0 aromatic carbocycles. The highest BCUT2D eigenvalue weighted by molar-refractivity contribution is 7.09. The van der Waals surface area contributed by atoms with Gasteiger partial charge in [0.25, 0.3) is 0 Å². The number of thiophene rings is 1. The second-order valence-corrected chi connectivity index (χ2v) is 4.17. The van der Waals surface area contributed by atoms with Gasteiger partial charge in [-0.25, -0.2) is 0 Å². The van der Waals surface area contributed by atoms with Gasteiger partial charge in [-0.1, -0.05) is 6.07 Å².